The van der Waals surface area contributed by atoms with E-state index in [4.69, 9.17) is 16.3 Å². The number of hydrogen-bond acceptors (Lipinski definition) is 4. The van der Waals surface area contributed by atoms with E-state index in [1.165, 1.54) is 0 Å². The van der Waals surface area contributed by atoms with Crippen LogP contribution in [0.5, 0.6) is 5.75 Å². The second kappa shape index (κ2) is 9.27. The molecule has 1 aromatic carbocycles. The largest absolute Gasteiger partial charge is 0.481 e. The van der Waals surface area contributed by atoms with Gasteiger partial charge in [0.15, 0.2) is 6.10 Å². The zero-order valence-electron chi connectivity index (χ0n) is 16.9. The van der Waals surface area contributed by atoms with Gasteiger partial charge in [0.25, 0.3) is 5.91 Å². The van der Waals surface area contributed by atoms with Crippen molar-refractivity contribution < 1.29 is 14.3 Å². The molecule has 3 rings (SSSR count). The Labute approximate surface area is 176 Å². The first-order valence-electron chi connectivity index (χ1n) is 9.79. The SMILES string of the molecule is Cc1cc(OC(C)C(=O)N2CCCC(C(=O)Nc3ncccc3C)C2)ccc1Cl. The number of nitrogens with one attached hydrogen (secondary N) is 1. The number of likely N-dealkylation sites (tertiary alicyclic amines) is 1. The van der Waals surface area contributed by atoms with Crippen LogP contribution in [0.3, 0.4) is 0 Å². The molecule has 2 amide bonds. The number of carbonyl (C=O) groups is 2. The highest BCUT2D eigenvalue weighted by atomic mass is 35.5. The second-order valence-corrected chi connectivity index (χ2v) is 7.86. The highest BCUT2D eigenvalue weighted by Crippen LogP contribution is 2.24. The van der Waals surface area contributed by atoms with Crippen LogP contribution in [0.25, 0.3) is 0 Å². The van der Waals surface area contributed by atoms with Crippen LogP contribution < -0.4 is 10.1 Å². The van der Waals surface area contributed by atoms with Gasteiger partial charge in [-0.1, -0.05) is 17.7 Å². The molecule has 0 spiro atoms. The minimum Gasteiger partial charge on any atom is -0.481 e. The summed E-state index contributed by atoms with van der Waals surface area (Å²) in [5.41, 5.74) is 1.80. The Morgan fingerprint density at radius 2 is 2.07 bits per heavy atom. The Kier molecular flexibility index (Phi) is 6.75. The van der Waals surface area contributed by atoms with Crippen LogP contribution in [0.2, 0.25) is 5.02 Å². The van der Waals surface area contributed by atoms with Crippen LogP contribution in [0, 0.1) is 19.8 Å². The molecule has 2 aromatic rings. The third-order valence-corrected chi connectivity index (χ3v) is 5.57. The lowest BCUT2D eigenvalue weighted by molar-refractivity contribution is -0.140. The van der Waals surface area contributed by atoms with E-state index in [0.717, 1.165) is 24.0 Å². The van der Waals surface area contributed by atoms with E-state index in [2.05, 4.69) is 10.3 Å². The van der Waals surface area contributed by atoms with Gasteiger partial charge in [0.2, 0.25) is 5.91 Å². The van der Waals surface area contributed by atoms with Crippen molar-refractivity contribution in [2.45, 2.75) is 39.7 Å². The molecule has 0 aliphatic carbocycles. The first-order valence-corrected chi connectivity index (χ1v) is 10.2. The van der Waals surface area contributed by atoms with Crippen LogP contribution in [-0.2, 0) is 9.59 Å². The molecule has 1 aliphatic heterocycles. The maximum atomic E-state index is 12.9. The number of hydrogen-bond donors (Lipinski definition) is 1. The van der Waals surface area contributed by atoms with E-state index < -0.39 is 6.10 Å². The van der Waals surface area contributed by atoms with Gasteiger partial charge in [-0.2, -0.15) is 0 Å². The first kappa shape index (κ1) is 21.1. The van der Waals surface area contributed by atoms with Crippen molar-refractivity contribution in [3.63, 3.8) is 0 Å². The van der Waals surface area contributed by atoms with E-state index in [1.807, 2.05) is 32.0 Å². The number of aromatic nitrogens is 1. The number of carbonyl (C=O) groups excluding carboxylic acids is 2. The average molecular weight is 416 g/mol. The maximum Gasteiger partial charge on any atom is 0.263 e. The van der Waals surface area contributed by atoms with Gasteiger partial charge in [0, 0.05) is 24.3 Å². The molecule has 2 unspecified atom stereocenters. The summed E-state index contributed by atoms with van der Waals surface area (Å²) in [6.07, 6.45) is 2.53. The summed E-state index contributed by atoms with van der Waals surface area (Å²) >= 11 is 6.04. The molecule has 7 heteroatoms. The molecule has 154 valence electrons. The minimum absolute atomic E-state index is 0.105. The summed E-state index contributed by atoms with van der Waals surface area (Å²) in [7, 11) is 0. The maximum absolute atomic E-state index is 12.9. The molecular weight excluding hydrogens is 390 g/mol. The van der Waals surface area contributed by atoms with Gasteiger partial charge in [0.05, 0.1) is 5.92 Å². The van der Waals surface area contributed by atoms with Gasteiger partial charge in [0.1, 0.15) is 11.6 Å². The molecule has 2 heterocycles. The number of aryl methyl sites for hydroxylation is 2. The third-order valence-electron chi connectivity index (χ3n) is 5.14. The molecule has 1 saturated heterocycles. The zero-order valence-corrected chi connectivity index (χ0v) is 17.7. The molecule has 29 heavy (non-hydrogen) atoms. The topological polar surface area (TPSA) is 71.5 Å². The highest BCUT2D eigenvalue weighted by Gasteiger charge is 2.31. The lowest BCUT2D eigenvalue weighted by Gasteiger charge is -2.33. The van der Waals surface area contributed by atoms with Gasteiger partial charge < -0.3 is 15.0 Å². The predicted octanol–water partition coefficient (Wildman–Crippen LogP) is 4.00. The van der Waals surface area contributed by atoms with Crippen LogP contribution in [-0.4, -0.2) is 40.9 Å². The number of rotatable bonds is 5. The number of pyridine rings is 1. The Morgan fingerprint density at radius 3 is 2.79 bits per heavy atom. The number of amides is 2. The number of benzene rings is 1. The number of halogens is 1. The Balaban J connectivity index is 1.60. The number of anilines is 1. The van der Waals surface area contributed by atoms with Crippen LogP contribution in [0.15, 0.2) is 36.5 Å². The van der Waals surface area contributed by atoms with Gasteiger partial charge in [-0.3, -0.25) is 9.59 Å². The summed E-state index contributed by atoms with van der Waals surface area (Å²) in [6, 6.07) is 9.05. The average Bonchev–Trinajstić information content (AvgIpc) is 2.72. The Hall–Kier alpha value is -2.60. The van der Waals surface area contributed by atoms with Crippen LogP contribution in [0.1, 0.15) is 30.9 Å². The molecular formula is C22H26ClN3O3. The van der Waals surface area contributed by atoms with E-state index in [0.29, 0.717) is 29.7 Å². The molecule has 1 aromatic heterocycles. The number of piperidine rings is 1. The van der Waals surface area contributed by atoms with Gasteiger partial charge >= 0.3 is 0 Å². The lowest BCUT2D eigenvalue weighted by Crippen LogP contribution is -2.48. The first-order chi connectivity index (χ1) is 13.8. The lowest BCUT2D eigenvalue weighted by atomic mass is 9.96. The second-order valence-electron chi connectivity index (χ2n) is 7.45. The predicted molar refractivity (Wildman–Crippen MR) is 113 cm³/mol. The van der Waals surface area contributed by atoms with Gasteiger partial charge in [-0.25, -0.2) is 4.98 Å². The van der Waals surface area contributed by atoms with E-state index in [-0.39, 0.29) is 17.7 Å². The van der Waals surface area contributed by atoms with E-state index in [9.17, 15) is 9.59 Å². The van der Waals surface area contributed by atoms with Crippen molar-refractivity contribution in [1.82, 2.24) is 9.88 Å². The fraction of sp³-hybridized carbons (Fsp3) is 0.409. The number of nitrogens with zero attached hydrogens (tertiary/aromatic N) is 2. The monoisotopic (exact) mass is 415 g/mol. The third kappa shape index (κ3) is 5.26. The molecule has 1 N–H and O–H groups in total. The van der Waals surface area contributed by atoms with Crippen molar-refractivity contribution in [3.05, 3.63) is 52.7 Å². The summed E-state index contributed by atoms with van der Waals surface area (Å²) in [5, 5.41) is 3.55. The molecule has 0 bridgehead atoms. The number of ether oxygens (including phenoxy) is 1. The summed E-state index contributed by atoms with van der Waals surface area (Å²) < 4.78 is 5.81. The molecule has 0 radical (unpaired) electrons. The molecule has 2 atom stereocenters. The summed E-state index contributed by atoms with van der Waals surface area (Å²) in [4.78, 5) is 31.5. The fourth-order valence-corrected chi connectivity index (χ4v) is 3.55. The molecule has 1 fully saturated rings. The Morgan fingerprint density at radius 1 is 1.28 bits per heavy atom. The minimum atomic E-state index is -0.643. The molecule has 1 aliphatic rings. The van der Waals surface area contributed by atoms with Crippen LogP contribution >= 0.6 is 11.6 Å². The summed E-state index contributed by atoms with van der Waals surface area (Å²) in [5.74, 6) is 0.676. The van der Waals surface area contributed by atoms with Crippen molar-refractivity contribution in [2.75, 3.05) is 18.4 Å². The van der Waals surface area contributed by atoms with Crippen molar-refractivity contribution in [2.24, 2.45) is 5.92 Å². The summed E-state index contributed by atoms with van der Waals surface area (Å²) in [6.45, 7) is 6.52. The van der Waals surface area contributed by atoms with E-state index >= 15 is 0 Å². The van der Waals surface area contributed by atoms with Crippen molar-refractivity contribution >= 4 is 29.2 Å². The van der Waals surface area contributed by atoms with Crippen molar-refractivity contribution in [3.8, 4) is 5.75 Å². The highest BCUT2D eigenvalue weighted by molar-refractivity contribution is 6.31. The van der Waals surface area contributed by atoms with E-state index in [1.54, 1.807) is 30.2 Å². The van der Waals surface area contributed by atoms with Crippen molar-refractivity contribution in [1.29, 1.82) is 0 Å². The van der Waals surface area contributed by atoms with Crippen LogP contribution in [0.4, 0.5) is 5.82 Å². The zero-order chi connectivity index (χ0) is 21.0. The fourth-order valence-electron chi connectivity index (χ4n) is 3.43. The standard InChI is InChI=1S/C22H26ClN3O3/c1-14-6-4-10-24-20(14)25-21(27)17-7-5-11-26(13-17)22(28)16(3)29-18-8-9-19(23)15(2)12-18/h4,6,8-10,12,16-17H,5,7,11,13H2,1-3H3,(H,24,25,27). The smallest absolute Gasteiger partial charge is 0.263 e. The Bertz CT molecular complexity index is 903. The normalized spacial score (nSPS) is 17.5. The quantitative estimate of drug-likeness (QED) is 0.801. The molecule has 0 saturated carbocycles. The van der Waals surface area contributed by atoms with Gasteiger partial charge in [-0.15, -0.1) is 0 Å². The van der Waals surface area contributed by atoms with Gasteiger partial charge in [-0.05, 0) is 69.0 Å². The molecule has 6 nitrogen and oxygen atoms in total.